The second-order valence-electron chi connectivity index (χ2n) is 10.2. The molecule has 0 bridgehead atoms. The number of aromatic nitrogens is 1. The van der Waals surface area contributed by atoms with Crippen LogP contribution < -0.4 is 10.6 Å². The van der Waals surface area contributed by atoms with Gasteiger partial charge in [-0.25, -0.2) is 4.98 Å². The summed E-state index contributed by atoms with van der Waals surface area (Å²) < 4.78 is 0. The largest absolute Gasteiger partial charge is 0.481 e. The Balaban J connectivity index is 1.15. The lowest BCUT2D eigenvalue weighted by Crippen LogP contribution is -2.40. The lowest BCUT2D eigenvalue weighted by molar-refractivity contribution is -0.138. The molecule has 3 N–H and O–H groups in total. The molecule has 2 aromatic rings. The Labute approximate surface area is 211 Å². The average molecular weight is 491 g/mol. The molecule has 0 unspecified atom stereocenters. The van der Waals surface area contributed by atoms with Gasteiger partial charge in [-0.05, 0) is 79.7 Å². The van der Waals surface area contributed by atoms with Crippen LogP contribution in [0.3, 0.4) is 0 Å². The Morgan fingerprint density at radius 2 is 1.92 bits per heavy atom. The number of carbonyl (C=O) groups is 3. The molecule has 1 aliphatic carbocycles. The molecule has 2 atom stereocenters. The Morgan fingerprint density at radius 1 is 1.11 bits per heavy atom. The summed E-state index contributed by atoms with van der Waals surface area (Å²) in [5.41, 5.74) is 5.58. The Bertz CT molecular complexity index is 1160. The van der Waals surface area contributed by atoms with Crippen molar-refractivity contribution < 1.29 is 19.5 Å². The number of aliphatic carboxylic acids is 1. The maximum Gasteiger partial charge on any atom is 0.305 e. The van der Waals surface area contributed by atoms with Crippen molar-refractivity contribution in [1.29, 1.82) is 0 Å². The van der Waals surface area contributed by atoms with Gasteiger partial charge >= 0.3 is 5.97 Å². The van der Waals surface area contributed by atoms with Crippen LogP contribution in [0.25, 0.3) is 0 Å². The third-order valence-electron chi connectivity index (χ3n) is 7.68. The van der Waals surface area contributed by atoms with Gasteiger partial charge in [0.1, 0.15) is 5.82 Å². The molecule has 1 aromatic heterocycles. The van der Waals surface area contributed by atoms with Crippen molar-refractivity contribution in [2.75, 3.05) is 25.0 Å². The first-order valence-corrected chi connectivity index (χ1v) is 13.1. The summed E-state index contributed by atoms with van der Waals surface area (Å²) in [7, 11) is 0. The fourth-order valence-electron chi connectivity index (χ4n) is 5.71. The fraction of sp³-hybridized carbons (Fsp3) is 0.500. The van der Waals surface area contributed by atoms with Gasteiger partial charge in [0.05, 0.1) is 19.0 Å². The van der Waals surface area contributed by atoms with Crippen LogP contribution in [-0.2, 0) is 40.1 Å². The van der Waals surface area contributed by atoms with Crippen molar-refractivity contribution in [1.82, 2.24) is 15.2 Å². The van der Waals surface area contributed by atoms with E-state index in [-0.39, 0.29) is 30.7 Å². The molecule has 1 fully saturated rings. The van der Waals surface area contributed by atoms with Crippen LogP contribution in [-0.4, -0.2) is 52.4 Å². The zero-order chi connectivity index (χ0) is 25.1. The number of aryl methyl sites for hydroxylation is 4. The zero-order valence-corrected chi connectivity index (χ0v) is 20.6. The maximum absolute atomic E-state index is 13.0. The van der Waals surface area contributed by atoms with Gasteiger partial charge in [-0.3, -0.25) is 14.4 Å². The van der Waals surface area contributed by atoms with E-state index in [2.05, 4.69) is 22.8 Å². The number of likely N-dealkylation sites (tertiary alicyclic amines) is 1. The van der Waals surface area contributed by atoms with Crippen LogP contribution in [0.4, 0.5) is 5.82 Å². The van der Waals surface area contributed by atoms with Gasteiger partial charge in [0.2, 0.25) is 11.8 Å². The summed E-state index contributed by atoms with van der Waals surface area (Å²) in [5.74, 6) is -0.444. The number of hydrogen-bond acceptors (Lipinski definition) is 5. The minimum absolute atomic E-state index is 0.00597. The van der Waals surface area contributed by atoms with Crippen LogP contribution in [0.1, 0.15) is 66.1 Å². The molecule has 190 valence electrons. The average Bonchev–Trinajstić information content (AvgIpc) is 3.48. The number of benzene rings is 1. The minimum Gasteiger partial charge on any atom is -0.481 e. The highest BCUT2D eigenvalue weighted by molar-refractivity contribution is 5.87. The highest BCUT2D eigenvalue weighted by Crippen LogP contribution is 2.28. The molecule has 1 aromatic carbocycles. The summed E-state index contributed by atoms with van der Waals surface area (Å²) in [6.45, 7) is 1.44. The van der Waals surface area contributed by atoms with Crippen LogP contribution in [0.15, 0.2) is 30.3 Å². The number of hydrogen-bond donors (Lipinski definition) is 3. The number of nitrogens with one attached hydrogen (secondary N) is 2. The quantitative estimate of drug-likeness (QED) is 0.498. The summed E-state index contributed by atoms with van der Waals surface area (Å²) in [4.78, 5) is 43.6. The van der Waals surface area contributed by atoms with Crippen molar-refractivity contribution in [3.63, 3.8) is 0 Å². The predicted molar refractivity (Wildman–Crippen MR) is 136 cm³/mol. The molecule has 8 nitrogen and oxygen atoms in total. The molecule has 3 aliphatic rings. The number of amides is 2. The van der Waals surface area contributed by atoms with Gasteiger partial charge in [-0.2, -0.15) is 0 Å². The van der Waals surface area contributed by atoms with E-state index in [1.165, 1.54) is 16.7 Å². The standard InChI is InChI=1S/C28H34N4O4/c33-25(31-24(16-26(34)35)22-7-6-18-3-1-4-21(18)15-22)17-32-14-12-20(28(32)36)9-11-23-10-8-19-5-2-13-29-27(19)30-23/h6-8,10,15,20,24H,1-5,9,11-14,16-17H2,(H,29,30)(H,31,33)(H,34,35)/t20-,24-/m0/s1. The minimum atomic E-state index is -0.968. The highest BCUT2D eigenvalue weighted by Gasteiger charge is 2.33. The molecule has 8 heteroatoms. The molecule has 2 amide bonds. The van der Waals surface area contributed by atoms with Crippen molar-refractivity contribution in [2.45, 2.75) is 63.8 Å². The molecule has 3 heterocycles. The topological polar surface area (TPSA) is 112 Å². The van der Waals surface area contributed by atoms with E-state index in [0.717, 1.165) is 68.6 Å². The third-order valence-corrected chi connectivity index (χ3v) is 7.68. The third kappa shape index (κ3) is 5.53. The van der Waals surface area contributed by atoms with E-state index >= 15 is 0 Å². The molecule has 5 rings (SSSR count). The molecule has 0 spiro atoms. The summed E-state index contributed by atoms with van der Waals surface area (Å²) in [6.07, 6.45) is 7.27. The SMILES string of the molecule is O=C(O)C[C@H](NC(=O)CN1CC[C@H](CCc2ccc3c(n2)NCCC3)C1=O)c1ccc2c(c1)CCC2. The molecular weight excluding hydrogens is 456 g/mol. The van der Waals surface area contributed by atoms with Crippen LogP contribution in [0.2, 0.25) is 0 Å². The number of rotatable bonds is 9. The van der Waals surface area contributed by atoms with E-state index in [1.54, 1.807) is 4.90 Å². The number of anilines is 1. The van der Waals surface area contributed by atoms with E-state index in [1.807, 2.05) is 18.2 Å². The normalized spacial score (nSPS) is 19.4. The van der Waals surface area contributed by atoms with Gasteiger partial charge < -0.3 is 20.6 Å². The first kappa shape index (κ1) is 24.3. The summed E-state index contributed by atoms with van der Waals surface area (Å²) >= 11 is 0. The van der Waals surface area contributed by atoms with Crippen LogP contribution >= 0.6 is 0 Å². The second kappa shape index (κ2) is 10.7. The maximum atomic E-state index is 13.0. The first-order valence-electron chi connectivity index (χ1n) is 13.1. The lowest BCUT2D eigenvalue weighted by Gasteiger charge is -2.21. The first-order chi connectivity index (χ1) is 17.5. The highest BCUT2D eigenvalue weighted by atomic mass is 16.4. The van der Waals surface area contributed by atoms with Crippen LogP contribution in [0, 0.1) is 5.92 Å². The monoisotopic (exact) mass is 490 g/mol. The number of carboxylic acid groups (broad SMARTS) is 1. The van der Waals surface area contributed by atoms with Crippen molar-refractivity contribution in [3.05, 3.63) is 58.3 Å². The molecular formula is C28H34N4O4. The van der Waals surface area contributed by atoms with Crippen molar-refractivity contribution in [2.24, 2.45) is 5.92 Å². The van der Waals surface area contributed by atoms with Gasteiger partial charge in [0, 0.05) is 24.7 Å². The Hall–Kier alpha value is -3.42. The number of carbonyl (C=O) groups excluding carboxylic acids is 2. The molecule has 1 saturated heterocycles. The summed E-state index contributed by atoms with van der Waals surface area (Å²) in [5, 5.41) is 15.6. The van der Waals surface area contributed by atoms with Gasteiger partial charge in [-0.1, -0.05) is 24.3 Å². The van der Waals surface area contributed by atoms with Crippen molar-refractivity contribution in [3.8, 4) is 0 Å². The van der Waals surface area contributed by atoms with E-state index in [4.69, 9.17) is 4.98 Å². The molecule has 0 saturated carbocycles. The Morgan fingerprint density at radius 3 is 2.78 bits per heavy atom. The lowest BCUT2D eigenvalue weighted by atomic mass is 9.99. The molecule has 2 aliphatic heterocycles. The van der Waals surface area contributed by atoms with E-state index in [0.29, 0.717) is 13.0 Å². The number of fused-ring (bicyclic) bond motifs is 2. The molecule has 0 radical (unpaired) electrons. The van der Waals surface area contributed by atoms with E-state index in [9.17, 15) is 19.5 Å². The Kier molecular flexibility index (Phi) is 7.20. The smallest absolute Gasteiger partial charge is 0.305 e. The van der Waals surface area contributed by atoms with Gasteiger partial charge in [0.15, 0.2) is 0 Å². The summed E-state index contributed by atoms with van der Waals surface area (Å²) in [6, 6.07) is 9.55. The zero-order valence-electron chi connectivity index (χ0n) is 20.6. The predicted octanol–water partition coefficient (Wildman–Crippen LogP) is 3.04. The fourth-order valence-corrected chi connectivity index (χ4v) is 5.71. The van der Waals surface area contributed by atoms with E-state index < -0.39 is 12.0 Å². The van der Waals surface area contributed by atoms with Gasteiger partial charge in [0.25, 0.3) is 0 Å². The molecule has 36 heavy (non-hydrogen) atoms. The number of nitrogens with zero attached hydrogens (tertiary/aromatic N) is 2. The van der Waals surface area contributed by atoms with Crippen LogP contribution in [0.5, 0.6) is 0 Å². The number of carboxylic acids is 1. The van der Waals surface area contributed by atoms with Crippen molar-refractivity contribution >= 4 is 23.6 Å². The van der Waals surface area contributed by atoms with Gasteiger partial charge in [-0.15, -0.1) is 0 Å². The second-order valence-corrected chi connectivity index (χ2v) is 10.2. The number of pyridine rings is 1.